The number of pyridine rings is 1. The van der Waals surface area contributed by atoms with Gasteiger partial charge in [0.2, 0.25) is 11.8 Å². The molecule has 4 rings (SSSR count). The zero-order valence-electron chi connectivity index (χ0n) is 16.6. The highest BCUT2D eigenvalue weighted by Gasteiger charge is 2.57. The number of carbonyl (C=O) groups is 1. The Morgan fingerprint density at radius 1 is 1.35 bits per heavy atom. The highest BCUT2D eigenvalue weighted by atomic mass is 35.5. The SMILES string of the molecule is CC(=O)N[C@@H](C)COc1ncc2nc(-c3ncc(OC[C@H]4CC4(F)F)cc3Cl)oc2n1. The van der Waals surface area contributed by atoms with Crippen LogP contribution in [0.4, 0.5) is 8.78 Å². The van der Waals surface area contributed by atoms with Crippen LogP contribution in [-0.2, 0) is 4.79 Å². The summed E-state index contributed by atoms with van der Waals surface area (Å²) in [6.07, 6.45) is 2.61. The lowest BCUT2D eigenvalue weighted by Crippen LogP contribution is -2.35. The summed E-state index contributed by atoms with van der Waals surface area (Å²) in [5, 5.41) is 2.86. The van der Waals surface area contributed by atoms with Gasteiger partial charge in [-0.15, -0.1) is 0 Å². The normalized spacial score (nSPS) is 17.9. The van der Waals surface area contributed by atoms with Gasteiger partial charge < -0.3 is 19.2 Å². The van der Waals surface area contributed by atoms with Crippen molar-refractivity contribution in [1.29, 1.82) is 0 Å². The number of hydrogen-bond donors (Lipinski definition) is 1. The van der Waals surface area contributed by atoms with Gasteiger partial charge in [-0.2, -0.15) is 4.98 Å². The fourth-order valence-corrected chi connectivity index (χ4v) is 3.02. The van der Waals surface area contributed by atoms with Crippen molar-refractivity contribution in [2.75, 3.05) is 13.2 Å². The first-order valence-electron chi connectivity index (χ1n) is 9.41. The minimum atomic E-state index is -2.65. The van der Waals surface area contributed by atoms with E-state index in [0.717, 1.165) is 0 Å². The summed E-state index contributed by atoms with van der Waals surface area (Å²) < 4.78 is 42.3. The van der Waals surface area contributed by atoms with Crippen LogP contribution in [0.5, 0.6) is 11.8 Å². The average Bonchev–Trinajstić information content (AvgIpc) is 3.11. The Balaban J connectivity index is 1.44. The molecule has 31 heavy (non-hydrogen) atoms. The monoisotopic (exact) mass is 453 g/mol. The van der Waals surface area contributed by atoms with Crippen LogP contribution in [0.3, 0.4) is 0 Å². The molecule has 1 amide bonds. The third-order valence-corrected chi connectivity index (χ3v) is 4.75. The summed E-state index contributed by atoms with van der Waals surface area (Å²) in [4.78, 5) is 27.7. The molecule has 3 heterocycles. The molecule has 9 nitrogen and oxygen atoms in total. The van der Waals surface area contributed by atoms with Crippen LogP contribution in [0.2, 0.25) is 5.02 Å². The zero-order valence-corrected chi connectivity index (χ0v) is 17.3. The van der Waals surface area contributed by atoms with E-state index in [4.69, 9.17) is 25.5 Å². The smallest absolute Gasteiger partial charge is 0.319 e. The summed E-state index contributed by atoms with van der Waals surface area (Å²) >= 11 is 6.25. The summed E-state index contributed by atoms with van der Waals surface area (Å²) in [5.74, 6) is -3.21. The van der Waals surface area contributed by atoms with E-state index in [1.807, 2.05) is 0 Å². The molecule has 1 aliphatic rings. The second-order valence-corrected chi connectivity index (χ2v) is 7.66. The molecule has 1 fully saturated rings. The maximum absolute atomic E-state index is 13.0. The number of halogens is 3. The molecule has 1 aliphatic carbocycles. The number of aromatic nitrogens is 4. The summed E-state index contributed by atoms with van der Waals surface area (Å²) in [6, 6.07) is 1.30. The quantitative estimate of drug-likeness (QED) is 0.553. The minimum Gasteiger partial charge on any atom is -0.491 e. The predicted octanol–water partition coefficient (Wildman–Crippen LogP) is 3.27. The molecule has 0 aliphatic heterocycles. The third-order valence-electron chi connectivity index (χ3n) is 4.47. The number of amides is 1. The van der Waals surface area contributed by atoms with Gasteiger partial charge in [-0.05, 0) is 6.92 Å². The number of ether oxygens (including phenoxy) is 2. The van der Waals surface area contributed by atoms with Gasteiger partial charge in [-0.25, -0.2) is 23.7 Å². The fourth-order valence-electron chi connectivity index (χ4n) is 2.78. The lowest BCUT2D eigenvalue weighted by atomic mass is 10.3. The van der Waals surface area contributed by atoms with E-state index < -0.39 is 11.8 Å². The van der Waals surface area contributed by atoms with E-state index in [0.29, 0.717) is 5.52 Å². The number of rotatable bonds is 8. The molecular formula is C19H18ClF2N5O4. The Bertz CT molecular complexity index is 1130. The summed E-state index contributed by atoms with van der Waals surface area (Å²) in [6.45, 7) is 3.27. The Hall–Kier alpha value is -3.08. The number of nitrogens with one attached hydrogen (secondary N) is 1. The van der Waals surface area contributed by atoms with Crippen LogP contribution < -0.4 is 14.8 Å². The molecule has 2 atom stereocenters. The van der Waals surface area contributed by atoms with E-state index in [2.05, 4.69) is 25.3 Å². The van der Waals surface area contributed by atoms with E-state index in [1.165, 1.54) is 25.4 Å². The largest absolute Gasteiger partial charge is 0.491 e. The standard InChI is InChI=1S/C19H18ClF2N5O4/c1-9(25-10(2)28)7-30-18-24-6-14-16(27-18)31-17(26-14)15-13(20)3-12(5-23-15)29-8-11-4-19(11,21)22/h3,5-6,9,11H,4,7-8H2,1-2H3,(H,25,28)/t9-,11+/m0/s1. The molecule has 12 heteroatoms. The van der Waals surface area contributed by atoms with Crippen LogP contribution in [0.25, 0.3) is 22.8 Å². The van der Waals surface area contributed by atoms with Gasteiger partial charge in [-0.1, -0.05) is 11.6 Å². The molecule has 164 valence electrons. The molecule has 0 spiro atoms. The molecule has 0 saturated heterocycles. The van der Waals surface area contributed by atoms with Crippen molar-refractivity contribution in [3.8, 4) is 23.3 Å². The van der Waals surface area contributed by atoms with Crippen molar-refractivity contribution >= 4 is 28.7 Å². The maximum atomic E-state index is 13.0. The summed E-state index contributed by atoms with van der Waals surface area (Å²) in [7, 11) is 0. The second-order valence-electron chi connectivity index (χ2n) is 7.25. The topological polar surface area (TPSA) is 112 Å². The van der Waals surface area contributed by atoms with Gasteiger partial charge in [-0.3, -0.25) is 4.79 Å². The third kappa shape index (κ3) is 4.98. The van der Waals surface area contributed by atoms with E-state index in [9.17, 15) is 13.6 Å². The summed E-state index contributed by atoms with van der Waals surface area (Å²) in [5.41, 5.74) is 0.776. The number of hydrogen-bond acceptors (Lipinski definition) is 8. The van der Waals surface area contributed by atoms with E-state index >= 15 is 0 Å². The second kappa shape index (κ2) is 8.22. The van der Waals surface area contributed by atoms with Gasteiger partial charge >= 0.3 is 6.01 Å². The maximum Gasteiger partial charge on any atom is 0.319 e. The van der Waals surface area contributed by atoms with Gasteiger partial charge in [0.15, 0.2) is 0 Å². The Morgan fingerprint density at radius 2 is 2.13 bits per heavy atom. The van der Waals surface area contributed by atoms with Gasteiger partial charge in [0, 0.05) is 19.4 Å². The Labute approximate surface area is 180 Å². The van der Waals surface area contributed by atoms with Crippen LogP contribution >= 0.6 is 11.6 Å². The fraction of sp³-hybridized carbons (Fsp3) is 0.421. The van der Waals surface area contributed by atoms with Crippen LogP contribution in [0.15, 0.2) is 22.9 Å². The first kappa shape index (κ1) is 21.2. The van der Waals surface area contributed by atoms with Crippen LogP contribution in [0, 0.1) is 5.92 Å². The first-order valence-corrected chi connectivity index (χ1v) is 9.79. The highest BCUT2D eigenvalue weighted by Crippen LogP contribution is 2.48. The van der Waals surface area contributed by atoms with Crippen molar-refractivity contribution in [1.82, 2.24) is 25.3 Å². The van der Waals surface area contributed by atoms with Gasteiger partial charge in [0.25, 0.3) is 11.6 Å². The molecule has 0 radical (unpaired) electrons. The van der Waals surface area contributed by atoms with Crippen LogP contribution in [-0.4, -0.2) is 51.0 Å². The van der Waals surface area contributed by atoms with Gasteiger partial charge in [0.1, 0.15) is 23.6 Å². The van der Waals surface area contributed by atoms with Crippen molar-refractivity contribution in [3.05, 3.63) is 23.5 Å². The number of fused-ring (bicyclic) bond motifs is 1. The molecule has 1 saturated carbocycles. The number of alkyl halides is 2. The van der Waals surface area contributed by atoms with Crippen molar-refractivity contribution < 1.29 is 27.5 Å². The van der Waals surface area contributed by atoms with Crippen molar-refractivity contribution in [2.24, 2.45) is 5.92 Å². The Kier molecular flexibility index (Phi) is 5.61. The number of carbonyl (C=O) groups excluding carboxylic acids is 1. The molecule has 1 N–H and O–H groups in total. The van der Waals surface area contributed by atoms with Crippen molar-refractivity contribution in [3.63, 3.8) is 0 Å². The lowest BCUT2D eigenvalue weighted by Gasteiger charge is -2.12. The Morgan fingerprint density at radius 3 is 2.81 bits per heavy atom. The molecular weight excluding hydrogens is 436 g/mol. The minimum absolute atomic E-state index is 0.0621. The predicted molar refractivity (Wildman–Crippen MR) is 105 cm³/mol. The first-order chi connectivity index (χ1) is 14.7. The van der Waals surface area contributed by atoms with Crippen LogP contribution in [0.1, 0.15) is 20.3 Å². The van der Waals surface area contributed by atoms with E-state index in [1.54, 1.807) is 6.92 Å². The van der Waals surface area contributed by atoms with Crippen molar-refractivity contribution in [2.45, 2.75) is 32.2 Å². The molecule has 0 bridgehead atoms. The molecule has 3 aromatic heterocycles. The molecule has 0 unspecified atom stereocenters. The number of oxazole rings is 1. The highest BCUT2D eigenvalue weighted by molar-refractivity contribution is 6.33. The number of nitrogens with zero attached hydrogens (tertiary/aromatic N) is 4. The lowest BCUT2D eigenvalue weighted by molar-refractivity contribution is -0.119. The van der Waals surface area contributed by atoms with Gasteiger partial charge in [0.05, 0.1) is 36.0 Å². The molecule has 0 aromatic carbocycles. The average molecular weight is 454 g/mol. The molecule has 3 aromatic rings. The van der Waals surface area contributed by atoms with E-state index in [-0.39, 0.29) is 65.7 Å². The zero-order chi connectivity index (χ0) is 22.2.